The molecule has 0 unspecified atom stereocenters. The molecule has 2 aromatic heterocycles. The highest BCUT2D eigenvalue weighted by atomic mass is 32.1. The van der Waals surface area contributed by atoms with Gasteiger partial charge >= 0.3 is 0 Å². The van der Waals surface area contributed by atoms with Gasteiger partial charge in [-0.25, -0.2) is 4.98 Å². The Hall–Kier alpha value is -2.14. The fourth-order valence-electron chi connectivity index (χ4n) is 3.32. The predicted molar refractivity (Wildman–Crippen MR) is 93.0 cm³/mol. The first kappa shape index (κ1) is 14.5. The van der Waals surface area contributed by atoms with E-state index in [4.69, 9.17) is 4.74 Å². The molecule has 1 aliphatic rings. The summed E-state index contributed by atoms with van der Waals surface area (Å²) in [6.07, 6.45) is 7.29. The van der Waals surface area contributed by atoms with Crippen LogP contribution in [0.3, 0.4) is 0 Å². The maximum atomic E-state index is 13.1. The summed E-state index contributed by atoms with van der Waals surface area (Å²) in [6, 6.07) is 7.55. The van der Waals surface area contributed by atoms with Gasteiger partial charge in [-0.3, -0.25) is 9.36 Å². The Kier molecular flexibility index (Phi) is 3.65. The van der Waals surface area contributed by atoms with E-state index in [-0.39, 0.29) is 5.56 Å². The zero-order valence-corrected chi connectivity index (χ0v) is 13.9. The summed E-state index contributed by atoms with van der Waals surface area (Å²) in [5, 5.41) is 0.806. The van der Waals surface area contributed by atoms with Gasteiger partial charge in [0.25, 0.3) is 5.56 Å². The largest absolute Gasteiger partial charge is 0.495 e. The molecule has 0 N–H and O–H groups in total. The number of rotatable bonds is 2. The van der Waals surface area contributed by atoms with Crippen LogP contribution >= 0.6 is 11.3 Å². The molecule has 0 fully saturated rings. The van der Waals surface area contributed by atoms with Gasteiger partial charge in [-0.1, -0.05) is 18.6 Å². The molecule has 118 valence electrons. The molecule has 3 aromatic rings. The van der Waals surface area contributed by atoms with Gasteiger partial charge in [0, 0.05) is 4.88 Å². The molecule has 4 nitrogen and oxygen atoms in total. The molecule has 4 rings (SSSR count). The van der Waals surface area contributed by atoms with Gasteiger partial charge in [-0.2, -0.15) is 0 Å². The minimum Gasteiger partial charge on any atom is -0.495 e. The molecule has 0 amide bonds. The van der Waals surface area contributed by atoms with E-state index < -0.39 is 0 Å². The van der Waals surface area contributed by atoms with Crippen molar-refractivity contribution in [2.24, 2.45) is 0 Å². The first-order valence-corrected chi connectivity index (χ1v) is 8.76. The topological polar surface area (TPSA) is 44.1 Å². The molecule has 1 aromatic carbocycles. The lowest BCUT2D eigenvalue weighted by Gasteiger charge is -2.10. The minimum absolute atomic E-state index is 0.0129. The number of aromatic nitrogens is 2. The first-order valence-electron chi connectivity index (χ1n) is 7.95. The van der Waals surface area contributed by atoms with Crippen molar-refractivity contribution >= 4 is 21.6 Å². The number of nitrogens with zero attached hydrogens (tertiary/aromatic N) is 2. The van der Waals surface area contributed by atoms with E-state index >= 15 is 0 Å². The highest BCUT2D eigenvalue weighted by Crippen LogP contribution is 2.33. The summed E-state index contributed by atoms with van der Waals surface area (Å²) in [5.41, 5.74) is 1.98. The van der Waals surface area contributed by atoms with Crippen LogP contribution in [0, 0.1) is 0 Å². The summed E-state index contributed by atoms with van der Waals surface area (Å²) in [7, 11) is 1.62. The van der Waals surface area contributed by atoms with Crippen LogP contribution in [0.25, 0.3) is 15.9 Å². The second-order valence-corrected chi connectivity index (χ2v) is 6.92. The van der Waals surface area contributed by atoms with E-state index in [1.165, 1.54) is 23.3 Å². The molecular weight excluding hydrogens is 308 g/mol. The molecule has 0 saturated heterocycles. The van der Waals surface area contributed by atoms with Crippen LogP contribution in [0.2, 0.25) is 0 Å². The molecule has 0 saturated carbocycles. The summed E-state index contributed by atoms with van der Waals surface area (Å²) in [4.78, 5) is 19.9. The maximum absolute atomic E-state index is 13.1. The SMILES string of the molecule is COc1ccccc1-n1cnc2sc3c(c2c1=O)CCCCC3. The van der Waals surface area contributed by atoms with Crippen LogP contribution in [0.4, 0.5) is 0 Å². The van der Waals surface area contributed by atoms with Gasteiger partial charge in [0.15, 0.2) is 0 Å². The van der Waals surface area contributed by atoms with E-state index in [0.717, 1.165) is 35.2 Å². The van der Waals surface area contributed by atoms with E-state index in [1.54, 1.807) is 29.3 Å². The van der Waals surface area contributed by atoms with Crippen molar-refractivity contribution in [2.45, 2.75) is 32.1 Å². The van der Waals surface area contributed by atoms with Crippen LogP contribution in [0.15, 0.2) is 35.4 Å². The van der Waals surface area contributed by atoms with Crippen molar-refractivity contribution in [3.63, 3.8) is 0 Å². The number of hydrogen-bond acceptors (Lipinski definition) is 4. The monoisotopic (exact) mass is 326 g/mol. The van der Waals surface area contributed by atoms with Gasteiger partial charge in [0.2, 0.25) is 0 Å². The summed E-state index contributed by atoms with van der Waals surface area (Å²) in [6.45, 7) is 0. The smallest absolute Gasteiger partial charge is 0.267 e. The molecule has 0 radical (unpaired) electrons. The number of methoxy groups -OCH3 is 1. The lowest BCUT2D eigenvalue weighted by Crippen LogP contribution is -2.19. The molecule has 2 heterocycles. The molecular formula is C18H18N2O2S. The minimum atomic E-state index is 0.0129. The number of thiophene rings is 1. The average Bonchev–Trinajstić information content (AvgIpc) is 2.78. The molecule has 1 aliphatic carbocycles. The van der Waals surface area contributed by atoms with Crippen LogP contribution in [0.5, 0.6) is 5.75 Å². The highest BCUT2D eigenvalue weighted by molar-refractivity contribution is 7.18. The fourth-order valence-corrected chi connectivity index (χ4v) is 4.54. The van der Waals surface area contributed by atoms with Gasteiger partial charge in [0.1, 0.15) is 16.9 Å². The average molecular weight is 326 g/mol. The Morgan fingerprint density at radius 3 is 2.87 bits per heavy atom. The number of benzene rings is 1. The van der Waals surface area contributed by atoms with Crippen molar-refractivity contribution in [3.05, 3.63) is 51.4 Å². The van der Waals surface area contributed by atoms with E-state index in [2.05, 4.69) is 4.98 Å². The van der Waals surface area contributed by atoms with Crippen LogP contribution in [-0.4, -0.2) is 16.7 Å². The number of hydrogen-bond donors (Lipinski definition) is 0. The molecule has 0 atom stereocenters. The fraction of sp³-hybridized carbons (Fsp3) is 0.333. The Bertz CT molecular complexity index is 926. The van der Waals surface area contributed by atoms with Crippen LogP contribution in [0.1, 0.15) is 29.7 Å². The zero-order chi connectivity index (χ0) is 15.8. The van der Waals surface area contributed by atoms with Crippen molar-refractivity contribution in [1.29, 1.82) is 0 Å². The Morgan fingerprint density at radius 1 is 1.17 bits per heavy atom. The zero-order valence-electron chi connectivity index (χ0n) is 13.0. The molecule has 23 heavy (non-hydrogen) atoms. The van der Waals surface area contributed by atoms with Gasteiger partial charge in [0.05, 0.1) is 18.2 Å². The Labute approximate surface area is 138 Å². The van der Waals surface area contributed by atoms with E-state index in [0.29, 0.717) is 5.75 Å². The van der Waals surface area contributed by atoms with E-state index in [9.17, 15) is 4.79 Å². The van der Waals surface area contributed by atoms with Gasteiger partial charge in [-0.05, 0) is 43.4 Å². The molecule has 5 heteroatoms. The van der Waals surface area contributed by atoms with Crippen molar-refractivity contribution < 1.29 is 4.74 Å². The Morgan fingerprint density at radius 2 is 2.00 bits per heavy atom. The van der Waals surface area contributed by atoms with E-state index in [1.807, 2.05) is 24.3 Å². The van der Waals surface area contributed by atoms with Crippen molar-refractivity contribution in [3.8, 4) is 11.4 Å². The lowest BCUT2D eigenvalue weighted by molar-refractivity contribution is 0.412. The van der Waals surface area contributed by atoms with Crippen LogP contribution in [-0.2, 0) is 12.8 Å². The second-order valence-electron chi connectivity index (χ2n) is 5.84. The number of fused-ring (bicyclic) bond motifs is 3. The summed E-state index contributed by atoms with van der Waals surface area (Å²) in [5.74, 6) is 0.678. The van der Waals surface area contributed by atoms with Gasteiger partial charge in [-0.15, -0.1) is 11.3 Å². The van der Waals surface area contributed by atoms with Crippen molar-refractivity contribution in [1.82, 2.24) is 9.55 Å². The summed E-state index contributed by atoms with van der Waals surface area (Å²) < 4.78 is 7.01. The predicted octanol–water partition coefficient (Wildman–Crippen LogP) is 3.72. The third-order valence-corrected chi connectivity index (χ3v) is 5.67. The lowest BCUT2D eigenvalue weighted by atomic mass is 10.1. The maximum Gasteiger partial charge on any atom is 0.267 e. The Balaban J connectivity index is 1.98. The number of aryl methyl sites for hydroxylation is 2. The van der Waals surface area contributed by atoms with Crippen LogP contribution < -0.4 is 10.3 Å². The van der Waals surface area contributed by atoms with Crippen molar-refractivity contribution in [2.75, 3.05) is 7.11 Å². The highest BCUT2D eigenvalue weighted by Gasteiger charge is 2.20. The third kappa shape index (κ3) is 2.36. The number of para-hydroxylation sites is 2. The molecule has 0 aliphatic heterocycles. The second kappa shape index (κ2) is 5.81. The molecule has 0 bridgehead atoms. The molecule has 0 spiro atoms. The number of ether oxygens (including phenoxy) is 1. The summed E-state index contributed by atoms with van der Waals surface area (Å²) >= 11 is 1.69. The normalized spacial score (nSPS) is 14.5. The van der Waals surface area contributed by atoms with Gasteiger partial charge < -0.3 is 4.74 Å². The third-order valence-electron chi connectivity index (χ3n) is 4.47. The standard InChI is InChI=1S/C18H18N2O2S/c1-22-14-9-6-5-8-13(14)20-11-19-17-16(18(20)21)12-7-3-2-4-10-15(12)23-17/h5-6,8-9,11H,2-4,7,10H2,1H3. The quantitative estimate of drug-likeness (QED) is 0.674. The first-order chi connectivity index (χ1) is 11.3.